The fraction of sp³-hybridized carbons (Fsp3) is 0.188. The first kappa shape index (κ1) is 17.9. The predicted octanol–water partition coefficient (Wildman–Crippen LogP) is 4.57. The Balaban J connectivity index is 1.86. The highest BCUT2D eigenvalue weighted by Gasteiger charge is 2.10. The van der Waals surface area contributed by atoms with Crippen LogP contribution < -0.4 is 10.6 Å². The Bertz CT molecular complexity index is 680. The molecule has 0 saturated carbocycles. The number of urea groups is 1. The molecule has 0 aromatic heterocycles. The normalized spacial score (nSPS) is 11.8. The molecule has 23 heavy (non-hydrogen) atoms. The van der Waals surface area contributed by atoms with Gasteiger partial charge in [0, 0.05) is 17.1 Å². The van der Waals surface area contributed by atoms with Gasteiger partial charge in [-0.25, -0.2) is 4.79 Å². The molecule has 7 heteroatoms. The first-order valence-electron chi connectivity index (χ1n) is 6.81. The summed E-state index contributed by atoms with van der Waals surface area (Å²) in [5.74, 6) is 0. The molecule has 122 valence electrons. The van der Waals surface area contributed by atoms with Crippen LogP contribution in [0.3, 0.4) is 0 Å². The molecule has 0 unspecified atom stereocenters. The molecule has 0 radical (unpaired) electrons. The molecule has 0 bridgehead atoms. The number of hydrogen-bond acceptors (Lipinski definition) is 3. The van der Waals surface area contributed by atoms with Gasteiger partial charge < -0.3 is 15.7 Å². The van der Waals surface area contributed by atoms with E-state index in [0.717, 1.165) is 10.5 Å². The van der Waals surface area contributed by atoms with E-state index >= 15 is 0 Å². The molecular weight excluding hydrogens is 355 g/mol. The topological polar surface area (TPSA) is 61.4 Å². The van der Waals surface area contributed by atoms with Gasteiger partial charge in [-0.3, -0.25) is 0 Å². The quantitative estimate of drug-likeness (QED) is 0.675. The van der Waals surface area contributed by atoms with E-state index in [0.29, 0.717) is 15.7 Å². The number of carbonyl (C=O) groups is 1. The molecule has 2 amide bonds. The molecule has 0 spiro atoms. The van der Waals surface area contributed by atoms with Gasteiger partial charge in [0.2, 0.25) is 0 Å². The number of benzene rings is 2. The van der Waals surface area contributed by atoms with Crippen LogP contribution in [0.1, 0.15) is 11.7 Å². The SMILES string of the molecule is CSc1ccc([C@@H](O)CNC(=O)Nc2ccc(Cl)c(Cl)c2)cc1. The molecule has 0 heterocycles. The lowest BCUT2D eigenvalue weighted by atomic mass is 10.1. The Morgan fingerprint density at radius 3 is 2.48 bits per heavy atom. The molecule has 3 N–H and O–H groups in total. The lowest BCUT2D eigenvalue weighted by Gasteiger charge is -2.13. The van der Waals surface area contributed by atoms with Crippen LogP contribution in [0, 0.1) is 0 Å². The Labute approximate surface area is 149 Å². The maximum Gasteiger partial charge on any atom is 0.319 e. The molecule has 0 aliphatic rings. The second kappa shape index (κ2) is 8.45. The number of hydrogen-bond donors (Lipinski definition) is 3. The third-order valence-corrected chi connectivity index (χ3v) is 4.62. The Morgan fingerprint density at radius 2 is 1.87 bits per heavy atom. The monoisotopic (exact) mass is 370 g/mol. The number of halogens is 2. The first-order valence-corrected chi connectivity index (χ1v) is 8.79. The maximum atomic E-state index is 11.8. The lowest BCUT2D eigenvalue weighted by molar-refractivity contribution is 0.175. The molecule has 2 rings (SSSR count). The van der Waals surface area contributed by atoms with Gasteiger partial charge in [0.15, 0.2) is 0 Å². The molecule has 1 atom stereocenters. The van der Waals surface area contributed by atoms with Gasteiger partial charge in [-0.2, -0.15) is 0 Å². The number of carbonyl (C=O) groups excluding carboxylic acids is 1. The molecular formula is C16H16Cl2N2O2S. The van der Waals surface area contributed by atoms with Gasteiger partial charge in [-0.15, -0.1) is 11.8 Å². The van der Waals surface area contributed by atoms with Gasteiger partial charge in [0.05, 0.1) is 16.1 Å². The van der Waals surface area contributed by atoms with Crippen LogP contribution in [-0.4, -0.2) is 23.9 Å². The van der Waals surface area contributed by atoms with Crippen molar-refractivity contribution in [2.45, 2.75) is 11.0 Å². The minimum atomic E-state index is -0.773. The fourth-order valence-electron chi connectivity index (χ4n) is 1.88. The minimum Gasteiger partial charge on any atom is -0.387 e. The van der Waals surface area contributed by atoms with Crippen molar-refractivity contribution >= 4 is 46.7 Å². The van der Waals surface area contributed by atoms with E-state index in [4.69, 9.17) is 23.2 Å². The van der Waals surface area contributed by atoms with E-state index in [1.165, 1.54) is 0 Å². The zero-order valence-corrected chi connectivity index (χ0v) is 14.7. The van der Waals surface area contributed by atoms with Crippen molar-refractivity contribution in [3.8, 4) is 0 Å². The Hall–Kier alpha value is -1.40. The van der Waals surface area contributed by atoms with Crippen molar-refractivity contribution in [2.75, 3.05) is 18.1 Å². The van der Waals surface area contributed by atoms with E-state index in [9.17, 15) is 9.90 Å². The third kappa shape index (κ3) is 5.32. The van der Waals surface area contributed by atoms with Crippen molar-refractivity contribution in [1.82, 2.24) is 5.32 Å². The molecule has 0 fully saturated rings. The molecule has 2 aromatic rings. The van der Waals surface area contributed by atoms with Gasteiger partial charge in [0.25, 0.3) is 0 Å². The Morgan fingerprint density at radius 1 is 1.17 bits per heavy atom. The minimum absolute atomic E-state index is 0.103. The number of nitrogens with one attached hydrogen (secondary N) is 2. The third-order valence-electron chi connectivity index (χ3n) is 3.13. The second-order valence-corrected chi connectivity index (χ2v) is 6.45. The van der Waals surface area contributed by atoms with Gasteiger partial charge in [-0.1, -0.05) is 35.3 Å². The van der Waals surface area contributed by atoms with Crippen LogP contribution in [0.5, 0.6) is 0 Å². The van der Waals surface area contributed by atoms with Crippen LogP contribution in [0.4, 0.5) is 10.5 Å². The van der Waals surface area contributed by atoms with Crippen molar-refractivity contribution in [3.05, 3.63) is 58.1 Å². The van der Waals surface area contributed by atoms with Crippen molar-refractivity contribution in [3.63, 3.8) is 0 Å². The average molecular weight is 371 g/mol. The van der Waals surface area contributed by atoms with Crippen molar-refractivity contribution < 1.29 is 9.90 Å². The highest BCUT2D eigenvalue weighted by molar-refractivity contribution is 7.98. The lowest BCUT2D eigenvalue weighted by Crippen LogP contribution is -2.32. The van der Waals surface area contributed by atoms with Crippen LogP contribution in [0.15, 0.2) is 47.4 Å². The van der Waals surface area contributed by atoms with Crippen molar-refractivity contribution in [2.24, 2.45) is 0 Å². The van der Waals surface area contributed by atoms with E-state index in [1.807, 2.05) is 30.5 Å². The van der Waals surface area contributed by atoms with Crippen LogP contribution in [0.2, 0.25) is 10.0 Å². The number of amides is 2. The summed E-state index contributed by atoms with van der Waals surface area (Å²) >= 11 is 13.3. The maximum absolute atomic E-state index is 11.8. The summed E-state index contributed by atoms with van der Waals surface area (Å²) in [7, 11) is 0. The second-order valence-electron chi connectivity index (χ2n) is 4.75. The summed E-state index contributed by atoms with van der Waals surface area (Å²) in [6.45, 7) is 0.103. The van der Waals surface area contributed by atoms with Gasteiger partial charge >= 0.3 is 6.03 Å². The average Bonchev–Trinajstić information content (AvgIpc) is 2.56. The Kier molecular flexibility index (Phi) is 6.59. The van der Waals surface area contributed by atoms with Gasteiger partial charge in [0.1, 0.15) is 0 Å². The fourth-order valence-corrected chi connectivity index (χ4v) is 2.59. The van der Waals surface area contributed by atoms with E-state index in [-0.39, 0.29) is 6.54 Å². The molecule has 4 nitrogen and oxygen atoms in total. The summed E-state index contributed by atoms with van der Waals surface area (Å²) in [4.78, 5) is 12.9. The summed E-state index contributed by atoms with van der Waals surface area (Å²) in [5, 5.41) is 16.1. The molecule has 0 saturated heterocycles. The number of aliphatic hydroxyl groups is 1. The summed E-state index contributed by atoms with van der Waals surface area (Å²) in [5.41, 5.74) is 1.27. The molecule has 0 aliphatic carbocycles. The van der Waals surface area contributed by atoms with E-state index < -0.39 is 12.1 Å². The number of anilines is 1. The van der Waals surface area contributed by atoms with Crippen molar-refractivity contribution in [1.29, 1.82) is 0 Å². The highest BCUT2D eigenvalue weighted by atomic mass is 35.5. The van der Waals surface area contributed by atoms with Crippen LogP contribution in [0.25, 0.3) is 0 Å². The standard InChI is InChI=1S/C16H16Cl2N2O2S/c1-23-12-5-2-10(3-6-12)15(21)9-19-16(22)20-11-4-7-13(17)14(18)8-11/h2-8,15,21H,9H2,1H3,(H2,19,20,22)/t15-/m0/s1. The summed E-state index contributed by atoms with van der Waals surface area (Å²) < 4.78 is 0. The van der Waals surface area contributed by atoms with Crippen LogP contribution >= 0.6 is 35.0 Å². The molecule has 0 aliphatic heterocycles. The smallest absolute Gasteiger partial charge is 0.319 e. The van der Waals surface area contributed by atoms with E-state index in [2.05, 4.69) is 10.6 Å². The number of rotatable bonds is 5. The first-order chi connectivity index (χ1) is 11.0. The zero-order valence-electron chi connectivity index (χ0n) is 12.3. The molecule has 2 aromatic carbocycles. The number of thioether (sulfide) groups is 1. The number of aliphatic hydroxyl groups excluding tert-OH is 1. The summed E-state index contributed by atoms with van der Waals surface area (Å²) in [6, 6.07) is 11.9. The predicted molar refractivity (Wildman–Crippen MR) is 96.7 cm³/mol. The van der Waals surface area contributed by atoms with Gasteiger partial charge in [-0.05, 0) is 42.2 Å². The van der Waals surface area contributed by atoms with Crippen LogP contribution in [-0.2, 0) is 0 Å². The highest BCUT2D eigenvalue weighted by Crippen LogP contribution is 2.25. The summed E-state index contributed by atoms with van der Waals surface area (Å²) in [6.07, 6.45) is 1.21. The zero-order chi connectivity index (χ0) is 16.8. The van der Waals surface area contributed by atoms with E-state index in [1.54, 1.807) is 30.0 Å². The largest absolute Gasteiger partial charge is 0.387 e.